The van der Waals surface area contributed by atoms with E-state index in [1.807, 2.05) is 4.90 Å². The third-order valence-electron chi connectivity index (χ3n) is 2.94. The molecule has 0 radical (unpaired) electrons. The minimum atomic E-state index is 0.190. The Morgan fingerprint density at radius 2 is 1.94 bits per heavy atom. The lowest BCUT2D eigenvalue weighted by Gasteiger charge is -2.17. The minimum Gasteiger partial charge on any atom is -0.312 e. The summed E-state index contributed by atoms with van der Waals surface area (Å²) >= 11 is 5.81. The third kappa shape index (κ3) is 2.22. The van der Waals surface area contributed by atoms with Crippen molar-refractivity contribution in [1.29, 1.82) is 0 Å². The average molecular weight is 238 g/mol. The summed E-state index contributed by atoms with van der Waals surface area (Å²) in [6.07, 6.45) is 0.580. The second kappa shape index (κ2) is 4.46. The molecular formula is C13H16ClNO. The van der Waals surface area contributed by atoms with Crippen LogP contribution in [0.5, 0.6) is 0 Å². The predicted molar refractivity (Wildman–Crippen MR) is 67.1 cm³/mol. The van der Waals surface area contributed by atoms with Gasteiger partial charge in [-0.25, -0.2) is 0 Å². The summed E-state index contributed by atoms with van der Waals surface area (Å²) in [5, 5.41) is 0. The number of nitrogens with zero attached hydrogens (tertiary/aromatic N) is 1. The van der Waals surface area contributed by atoms with Gasteiger partial charge in [-0.05, 0) is 43.0 Å². The number of hydrogen-bond acceptors (Lipinski definition) is 1. The van der Waals surface area contributed by atoms with Crippen molar-refractivity contribution in [3.8, 4) is 0 Å². The van der Waals surface area contributed by atoms with E-state index in [1.54, 1.807) is 0 Å². The SMILES string of the molecule is Cc1cc(C)cc(N2CC(CCl)CC2=O)c1. The van der Waals surface area contributed by atoms with E-state index in [0.29, 0.717) is 18.2 Å². The van der Waals surface area contributed by atoms with Gasteiger partial charge in [0.25, 0.3) is 0 Å². The van der Waals surface area contributed by atoms with Crippen LogP contribution in [0.3, 0.4) is 0 Å². The summed E-state index contributed by atoms with van der Waals surface area (Å²) < 4.78 is 0. The van der Waals surface area contributed by atoms with Gasteiger partial charge in [0.2, 0.25) is 5.91 Å². The summed E-state index contributed by atoms with van der Waals surface area (Å²) in [4.78, 5) is 13.7. The maximum atomic E-state index is 11.8. The van der Waals surface area contributed by atoms with E-state index in [1.165, 1.54) is 11.1 Å². The van der Waals surface area contributed by atoms with Crippen LogP contribution in [0.4, 0.5) is 5.69 Å². The summed E-state index contributed by atoms with van der Waals surface area (Å²) in [6, 6.07) is 6.23. The molecule has 86 valence electrons. The van der Waals surface area contributed by atoms with E-state index in [4.69, 9.17) is 11.6 Å². The zero-order valence-electron chi connectivity index (χ0n) is 9.66. The summed E-state index contributed by atoms with van der Waals surface area (Å²) in [5.41, 5.74) is 3.39. The van der Waals surface area contributed by atoms with Crippen molar-refractivity contribution in [1.82, 2.24) is 0 Å². The van der Waals surface area contributed by atoms with Gasteiger partial charge in [0.05, 0.1) is 0 Å². The monoisotopic (exact) mass is 237 g/mol. The van der Waals surface area contributed by atoms with Crippen LogP contribution in [0.1, 0.15) is 17.5 Å². The van der Waals surface area contributed by atoms with Crippen molar-refractivity contribution in [3.05, 3.63) is 29.3 Å². The highest BCUT2D eigenvalue weighted by Gasteiger charge is 2.29. The number of carbonyl (C=O) groups is 1. The van der Waals surface area contributed by atoms with Crippen molar-refractivity contribution in [2.45, 2.75) is 20.3 Å². The molecule has 2 rings (SSSR count). The van der Waals surface area contributed by atoms with Crippen molar-refractivity contribution in [3.63, 3.8) is 0 Å². The topological polar surface area (TPSA) is 20.3 Å². The predicted octanol–water partition coefficient (Wildman–Crippen LogP) is 2.90. The van der Waals surface area contributed by atoms with Crippen molar-refractivity contribution < 1.29 is 4.79 Å². The van der Waals surface area contributed by atoms with Gasteiger partial charge in [-0.15, -0.1) is 11.6 Å². The smallest absolute Gasteiger partial charge is 0.227 e. The summed E-state index contributed by atoms with van der Waals surface area (Å²) in [6.45, 7) is 4.86. The van der Waals surface area contributed by atoms with Crippen LogP contribution in [0.15, 0.2) is 18.2 Å². The second-order valence-corrected chi connectivity index (χ2v) is 4.88. The number of alkyl halides is 1. The molecule has 1 amide bonds. The quantitative estimate of drug-likeness (QED) is 0.725. The number of rotatable bonds is 2. The lowest BCUT2D eigenvalue weighted by molar-refractivity contribution is -0.117. The standard InChI is InChI=1S/C13H16ClNO/c1-9-3-10(2)5-12(4-9)15-8-11(7-14)6-13(15)16/h3-5,11H,6-8H2,1-2H3. The van der Waals surface area contributed by atoms with Crippen molar-refractivity contribution in [2.75, 3.05) is 17.3 Å². The van der Waals surface area contributed by atoms with Gasteiger partial charge in [0.15, 0.2) is 0 Å². The normalized spacial score (nSPS) is 20.6. The second-order valence-electron chi connectivity index (χ2n) is 4.57. The maximum absolute atomic E-state index is 11.8. The van der Waals surface area contributed by atoms with E-state index in [0.717, 1.165) is 12.2 Å². The lowest BCUT2D eigenvalue weighted by Crippen LogP contribution is -2.24. The molecule has 0 aliphatic carbocycles. The molecule has 2 nitrogen and oxygen atoms in total. The zero-order chi connectivity index (χ0) is 11.7. The molecular weight excluding hydrogens is 222 g/mol. The Balaban J connectivity index is 2.27. The molecule has 1 aromatic rings. The van der Waals surface area contributed by atoms with Gasteiger partial charge >= 0.3 is 0 Å². The zero-order valence-corrected chi connectivity index (χ0v) is 10.4. The summed E-state index contributed by atoms with van der Waals surface area (Å²) in [5.74, 6) is 1.05. The average Bonchev–Trinajstić information content (AvgIpc) is 2.58. The summed E-state index contributed by atoms with van der Waals surface area (Å²) in [7, 11) is 0. The van der Waals surface area contributed by atoms with Gasteiger partial charge in [0, 0.05) is 24.5 Å². The van der Waals surface area contributed by atoms with Crippen LogP contribution in [0, 0.1) is 19.8 Å². The van der Waals surface area contributed by atoms with Gasteiger partial charge < -0.3 is 4.90 Å². The van der Waals surface area contributed by atoms with Crippen molar-refractivity contribution >= 4 is 23.2 Å². The highest BCUT2D eigenvalue weighted by Crippen LogP contribution is 2.27. The molecule has 1 unspecified atom stereocenters. The molecule has 0 spiro atoms. The van der Waals surface area contributed by atoms with Crippen LogP contribution < -0.4 is 4.90 Å². The molecule has 1 heterocycles. The molecule has 0 saturated carbocycles. The molecule has 1 fully saturated rings. The molecule has 1 atom stereocenters. The highest BCUT2D eigenvalue weighted by atomic mass is 35.5. The maximum Gasteiger partial charge on any atom is 0.227 e. The van der Waals surface area contributed by atoms with Crippen LogP contribution in [-0.4, -0.2) is 18.3 Å². The Labute approximate surface area is 101 Å². The fourth-order valence-electron chi connectivity index (χ4n) is 2.24. The number of halogens is 1. The van der Waals surface area contributed by atoms with Crippen LogP contribution in [0.2, 0.25) is 0 Å². The highest BCUT2D eigenvalue weighted by molar-refractivity contribution is 6.18. The molecule has 1 saturated heterocycles. The first kappa shape index (κ1) is 11.5. The van der Waals surface area contributed by atoms with E-state index in [2.05, 4.69) is 32.0 Å². The first-order valence-corrected chi connectivity index (χ1v) is 6.08. The van der Waals surface area contributed by atoms with Crippen LogP contribution >= 0.6 is 11.6 Å². The molecule has 0 bridgehead atoms. The Morgan fingerprint density at radius 1 is 1.31 bits per heavy atom. The Hall–Kier alpha value is -1.02. The molecule has 0 aromatic heterocycles. The minimum absolute atomic E-state index is 0.190. The van der Waals surface area contributed by atoms with Crippen LogP contribution in [0.25, 0.3) is 0 Å². The number of hydrogen-bond donors (Lipinski definition) is 0. The first-order valence-electron chi connectivity index (χ1n) is 5.55. The van der Waals surface area contributed by atoms with Crippen molar-refractivity contribution in [2.24, 2.45) is 5.92 Å². The van der Waals surface area contributed by atoms with Gasteiger partial charge in [-0.2, -0.15) is 0 Å². The van der Waals surface area contributed by atoms with Gasteiger partial charge in [-0.3, -0.25) is 4.79 Å². The molecule has 1 aliphatic rings. The number of amides is 1. The third-order valence-corrected chi connectivity index (χ3v) is 3.38. The van der Waals surface area contributed by atoms with E-state index in [9.17, 15) is 4.79 Å². The van der Waals surface area contributed by atoms with Gasteiger partial charge in [0.1, 0.15) is 0 Å². The Kier molecular flexibility index (Phi) is 3.20. The number of anilines is 1. The molecule has 16 heavy (non-hydrogen) atoms. The van der Waals surface area contributed by atoms with E-state index >= 15 is 0 Å². The van der Waals surface area contributed by atoms with E-state index in [-0.39, 0.29) is 5.91 Å². The Bertz CT molecular complexity index is 396. The molecule has 3 heteroatoms. The largest absolute Gasteiger partial charge is 0.312 e. The lowest BCUT2D eigenvalue weighted by atomic mass is 10.1. The number of carbonyl (C=O) groups excluding carboxylic acids is 1. The fraction of sp³-hybridized carbons (Fsp3) is 0.462. The molecule has 1 aromatic carbocycles. The van der Waals surface area contributed by atoms with Gasteiger partial charge in [-0.1, -0.05) is 6.07 Å². The number of benzene rings is 1. The number of aryl methyl sites for hydroxylation is 2. The molecule has 1 aliphatic heterocycles. The Morgan fingerprint density at radius 3 is 2.44 bits per heavy atom. The fourth-order valence-corrected chi connectivity index (χ4v) is 2.45. The first-order chi connectivity index (χ1) is 7.60. The molecule has 0 N–H and O–H groups in total. The van der Waals surface area contributed by atoms with E-state index < -0.39 is 0 Å². The van der Waals surface area contributed by atoms with Crippen LogP contribution in [-0.2, 0) is 4.79 Å².